The lowest BCUT2D eigenvalue weighted by Gasteiger charge is -1.97. The van der Waals surface area contributed by atoms with Crippen molar-refractivity contribution in [2.24, 2.45) is 0 Å². The van der Waals surface area contributed by atoms with E-state index in [1.54, 1.807) is 0 Å². The molecule has 0 saturated heterocycles. The average Bonchev–Trinajstić information content (AvgIpc) is 1.97. The zero-order chi connectivity index (χ0) is 8.43. The number of aryl methyl sites for hydroxylation is 3. The highest BCUT2D eigenvalue weighted by molar-refractivity contribution is 5.49. The number of rotatable bonds is 1. The molecule has 1 heterocycles. The molecular formula is C10H14IN. The molecule has 0 aliphatic carbocycles. The third kappa shape index (κ3) is 2.30. The van der Waals surface area contributed by atoms with E-state index in [0.29, 0.717) is 0 Å². The first-order chi connectivity index (χ1) is 5.15. The maximum atomic E-state index is 3.74. The van der Waals surface area contributed by atoms with Crippen LogP contribution in [0.2, 0.25) is 0 Å². The van der Waals surface area contributed by atoms with Crippen molar-refractivity contribution in [3.8, 4) is 0 Å². The topological polar surface area (TPSA) is 14.1 Å². The van der Waals surface area contributed by atoms with E-state index in [4.69, 9.17) is 0 Å². The standard InChI is InChI=1S/C10H13N.HI/c1-5-10-6-7(2)8(3)11-9(10)4;/h5-6H,1H2,2-4H3;1H. The van der Waals surface area contributed by atoms with E-state index in [0.717, 1.165) is 0 Å². The van der Waals surface area contributed by atoms with Crippen LogP contribution in [0.4, 0.5) is 0 Å². The second-order valence-electron chi connectivity index (χ2n) is 2.86. The zero-order valence-corrected chi connectivity index (χ0v) is 9.90. The van der Waals surface area contributed by atoms with Crippen LogP contribution >= 0.6 is 0 Å². The lowest BCUT2D eigenvalue weighted by atomic mass is 10.1. The van der Waals surface area contributed by atoms with E-state index in [1.165, 1.54) is 22.5 Å². The number of H-pyrrole nitrogens is 1. The molecule has 1 nitrogen and oxygen atoms in total. The van der Waals surface area contributed by atoms with Gasteiger partial charge in [-0.05, 0) is 13.0 Å². The molecule has 1 N–H and O–H groups in total. The van der Waals surface area contributed by atoms with Gasteiger partial charge in [0.15, 0.2) is 11.4 Å². The lowest BCUT2D eigenvalue weighted by molar-refractivity contribution is -0.397. The van der Waals surface area contributed by atoms with Gasteiger partial charge >= 0.3 is 0 Å². The molecular weight excluding hydrogens is 261 g/mol. The van der Waals surface area contributed by atoms with Crippen molar-refractivity contribution in [2.45, 2.75) is 20.8 Å². The van der Waals surface area contributed by atoms with Crippen molar-refractivity contribution in [3.05, 3.63) is 35.2 Å². The molecule has 0 aliphatic rings. The fourth-order valence-corrected chi connectivity index (χ4v) is 1.11. The molecule has 12 heavy (non-hydrogen) atoms. The molecule has 0 aromatic carbocycles. The van der Waals surface area contributed by atoms with Gasteiger partial charge in [-0.15, -0.1) is 0 Å². The number of pyridine rings is 1. The Bertz CT molecular complexity index is 292. The van der Waals surface area contributed by atoms with Crippen LogP contribution < -0.4 is 29.0 Å². The molecule has 0 radical (unpaired) electrons. The number of aromatic nitrogens is 1. The van der Waals surface area contributed by atoms with E-state index in [9.17, 15) is 0 Å². The molecule has 1 aromatic heterocycles. The average molecular weight is 275 g/mol. The normalized spacial score (nSPS) is 8.92. The summed E-state index contributed by atoms with van der Waals surface area (Å²) in [6.45, 7) is 9.98. The number of nitrogens with one attached hydrogen (secondary N) is 1. The minimum absolute atomic E-state index is 0. The van der Waals surface area contributed by atoms with Gasteiger partial charge in [-0.2, -0.15) is 0 Å². The lowest BCUT2D eigenvalue weighted by Crippen LogP contribution is -3.00. The highest BCUT2D eigenvalue weighted by Crippen LogP contribution is 2.08. The van der Waals surface area contributed by atoms with Gasteiger partial charge in [0.2, 0.25) is 0 Å². The minimum Gasteiger partial charge on any atom is -1.00 e. The number of aromatic amines is 1. The zero-order valence-electron chi connectivity index (χ0n) is 7.74. The Morgan fingerprint density at radius 2 is 1.83 bits per heavy atom. The second kappa shape index (κ2) is 4.60. The summed E-state index contributed by atoms with van der Waals surface area (Å²) in [5, 5.41) is 0. The van der Waals surface area contributed by atoms with Gasteiger partial charge in [0, 0.05) is 25.0 Å². The summed E-state index contributed by atoms with van der Waals surface area (Å²) >= 11 is 0. The number of hydrogen-bond donors (Lipinski definition) is 0. The summed E-state index contributed by atoms with van der Waals surface area (Å²) in [7, 11) is 0. The van der Waals surface area contributed by atoms with E-state index in [-0.39, 0.29) is 24.0 Å². The van der Waals surface area contributed by atoms with Gasteiger partial charge in [0.25, 0.3) is 0 Å². The van der Waals surface area contributed by atoms with Crippen LogP contribution in [0.3, 0.4) is 0 Å². The molecule has 2 heteroatoms. The first-order valence-corrected chi connectivity index (χ1v) is 3.77. The van der Waals surface area contributed by atoms with Gasteiger partial charge in [-0.1, -0.05) is 12.7 Å². The predicted molar refractivity (Wildman–Crippen MR) is 47.3 cm³/mol. The molecule has 0 amide bonds. The van der Waals surface area contributed by atoms with Crippen LogP contribution in [0, 0.1) is 20.8 Å². The van der Waals surface area contributed by atoms with Gasteiger partial charge in [-0.3, -0.25) is 0 Å². The highest BCUT2D eigenvalue weighted by atomic mass is 127. The third-order valence-corrected chi connectivity index (χ3v) is 1.99. The fourth-order valence-electron chi connectivity index (χ4n) is 1.11. The van der Waals surface area contributed by atoms with Crippen LogP contribution in [0.25, 0.3) is 6.08 Å². The Morgan fingerprint density at radius 1 is 1.25 bits per heavy atom. The van der Waals surface area contributed by atoms with E-state index < -0.39 is 0 Å². The minimum atomic E-state index is 0. The largest absolute Gasteiger partial charge is 1.00 e. The summed E-state index contributed by atoms with van der Waals surface area (Å²) in [5.41, 5.74) is 4.88. The summed E-state index contributed by atoms with van der Waals surface area (Å²) in [4.78, 5) is 3.29. The monoisotopic (exact) mass is 275 g/mol. The molecule has 0 aliphatic heterocycles. The van der Waals surface area contributed by atoms with Crippen LogP contribution in [0.1, 0.15) is 22.5 Å². The molecule has 0 bridgehead atoms. The van der Waals surface area contributed by atoms with Crippen LogP contribution in [-0.2, 0) is 0 Å². The summed E-state index contributed by atoms with van der Waals surface area (Å²) < 4.78 is 0. The predicted octanol–water partition coefficient (Wildman–Crippen LogP) is -0.927. The summed E-state index contributed by atoms with van der Waals surface area (Å²) in [5.74, 6) is 0. The SMILES string of the molecule is C=Cc1cc(C)c(C)[nH+]c1C.[I-]. The molecule has 0 unspecified atom stereocenters. The Balaban J connectivity index is 0.00000121. The Kier molecular flexibility index (Phi) is 4.45. The van der Waals surface area contributed by atoms with E-state index in [2.05, 4.69) is 38.4 Å². The smallest absolute Gasteiger partial charge is 0.183 e. The molecule has 1 rings (SSSR count). The quantitative estimate of drug-likeness (QED) is 0.588. The van der Waals surface area contributed by atoms with Crippen molar-refractivity contribution in [1.82, 2.24) is 0 Å². The van der Waals surface area contributed by atoms with Crippen LogP contribution in [0.15, 0.2) is 12.6 Å². The first kappa shape index (κ1) is 11.6. The second-order valence-corrected chi connectivity index (χ2v) is 2.86. The van der Waals surface area contributed by atoms with Gasteiger partial charge in [0.1, 0.15) is 0 Å². The maximum Gasteiger partial charge on any atom is 0.183 e. The summed E-state index contributed by atoms with van der Waals surface area (Å²) in [6.07, 6.45) is 1.87. The number of halogens is 1. The molecule has 0 fully saturated rings. The Morgan fingerprint density at radius 3 is 2.33 bits per heavy atom. The van der Waals surface area contributed by atoms with Crippen LogP contribution in [0.5, 0.6) is 0 Å². The van der Waals surface area contributed by atoms with Gasteiger partial charge < -0.3 is 24.0 Å². The molecule has 0 spiro atoms. The van der Waals surface area contributed by atoms with Crippen molar-refractivity contribution >= 4 is 6.08 Å². The number of hydrogen-bond acceptors (Lipinski definition) is 0. The van der Waals surface area contributed by atoms with Crippen LogP contribution in [-0.4, -0.2) is 0 Å². The molecule has 0 atom stereocenters. The third-order valence-electron chi connectivity index (χ3n) is 1.99. The van der Waals surface area contributed by atoms with Gasteiger partial charge in [-0.25, -0.2) is 4.98 Å². The van der Waals surface area contributed by atoms with Crippen molar-refractivity contribution in [3.63, 3.8) is 0 Å². The Hall–Kier alpha value is -0.380. The van der Waals surface area contributed by atoms with Gasteiger partial charge in [0.05, 0.1) is 0 Å². The fraction of sp³-hybridized carbons (Fsp3) is 0.300. The molecule has 1 aromatic rings. The van der Waals surface area contributed by atoms with Crippen molar-refractivity contribution in [2.75, 3.05) is 0 Å². The maximum absolute atomic E-state index is 3.74. The first-order valence-electron chi connectivity index (χ1n) is 3.77. The van der Waals surface area contributed by atoms with E-state index in [1.807, 2.05) is 6.08 Å². The van der Waals surface area contributed by atoms with Crippen molar-refractivity contribution < 1.29 is 29.0 Å². The van der Waals surface area contributed by atoms with Crippen molar-refractivity contribution in [1.29, 1.82) is 0 Å². The molecule has 0 saturated carbocycles. The summed E-state index contributed by atoms with van der Waals surface area (Å²) in [6, 6.07) is 2.15. The van der Waals surface area contributed by atoms with E-state index >= 15 is 0 Å². The highest BCUT2D eigenvalue weighted by Gasteiger charge is 2.05. The Labute approximate surface area is 90.9 Å². The molecule has 66 valence electrons.